The number of carbonyl (C=O) groups is 1. The average molecular weight is 478 g/mol. The van der Waals surface area contributed by atoms with Crippen molar-refractivity contribution in [1.29, 1.82) is 0 Å². The number of aromatic nitrogens is 3. The molecule has 9 nitrogen and oxygen atoms in total. The molecule has 2 heterocycles. The molecule has 1 atom stereocenters. The lowest BCUT2D eigenvalue weighted by Gasteiger charge is -2.28. The van der Waals surface area contributed by atoms with Crippen LogP contribution < -0.4 is 25.3 Å². The number of primary amides is 1. The molecule has 9 heteroatoms. The van der Waals surface area contributed by atoms with Crippen molar-refractivity contribution in [1.82, 2.24) is 14.8 Å². The van der Waals surface area contributed by atoms with E-state index in [1.807, 2.05) is 12.1 Å². The molecule has 0 spiro atoms. The number of nitrogens with two attached hydrogens (primary N) is 1. The zero-order valence-electron chi connectivity index (χ0n) is 21.1. The summed E-state index contributed by atoms with van der Waals surface area (Å²) in [5, 5.41) is 7.96. The van der Waals surface area contributed by atoms with Gasteiger partial charge in [0.15, 0.2) is 17.3 Å². The largest absolute Gasteiger partial charge is 0.493 e. The van der Waals surface area contributed by atoms with Crippen LogP contribution in [0.3, 0.4) is 0 Å². The molecule has 0 saturated heterocycles. The molecule has 1 unspecified atom stereocenters. The van der Waals surface area contributed by atoms with Gasteiger partial charge in [-0.15, -0.1) is 5.10 Å². The third-order valence-corrected chi connectivity index (χ3v) is 6.13. The molecular formula is C26H31N5O4. The number of carbonyl (C=O) groups excluding carboxylic acids is 1. The molecule has 0 fully saturated rings. The maximum atomic E-state index is 12.6. The van der Waals surface area contributed by atoms with Crippen LogP contribution in [-0.2, 0) is 10.2 Å². The van der Waals surface area contributed by atoms with Gasteiger partial charge in [-0.2, -0.15) is 4.98 Å². The standard InChI is InChI=1S/C26H31N5O4/c1-14-20(23(27)32)21(16-12-18(33-5)22(35-7)19(13-16)34-6)31-25(28-14)29-24(30-31)15-8-10-17(11-9-15)26(2,3)4/h8-13,21H,1-7H3,(H2,27,32)(H,28,29,30). The summed E-state index contributed by atoms with van der Waals surface area (Å²) in [6, 6.07) is 11.1. The summed E-state index contributed by atoms with van der Waals surface area (Å²) in [5.41, 5.74) is 9.61. The lowest BCUT2D eigenvalue weighted by Crippen LogP contribution is -2.31. The molecule has 0 saturated carbocycles. The number of nitrogens with one attached hydrogen (secondary N) is 1. The van der Waals surface area contributed by atoms with Gasteiger partial charge in [-0.25, -0.2) is 4.68 Å². The summed E-state index contributed by atoms with van der Waals surface area (Å²) in [5.74, 6) is 1.84. The number of rotatable bonds is 6. The van der Waals surface area contributed by atoms with E-state index in [-0.39, 0.29) is 5.41 Å². The Balaban J connectivity index is 1.87. The number of ether oxygens (including phenoxy) is 3. The van der Waals surface area contributed by atoms with Crippen molar-refractivity contribution < 1.29 is 19.0 Å². The number of hydrogen-bond donors (Lipinski definition) is 2. The molecule has 3 N–H and O–H groups in total. The van der Waals surface area contributed by atoms with E-state index < -0.39 is 11.9 Å². The number of nitrogens with zero attached hydrogens (tertiary/aromatic N) is 3. The van der Waals surface area contributed by atoms with E-state index in [0.29, 0.717) is 45.9 Å². The molecule has 1 aliphatic rings. The highest BCUT2D eigenvalue weighted by Gasteiger charge is 2.35. The second kappa shape index (κ2) is 8.98. The van der Waals surface area contributed by atoms with Crippen molar-refractivity contribution in [3.05, 3.63) is 58.8 Å². The Morgan fingerprint density at radius 2 is 1.63 bits per heavy atom. The Bertz CT molecular complexity index is 1280. The van der Waals surface area contributed by atoms with Crippen LogP contribution in [0.15, 0.2) is 47.7 Å². The SMILES string of the molecule is COc1cc(C2C(C(N)=O)=C(C)Nc3nc(-c4ccc(C(C)(C)C)cc4)nn32)cc(OC)c1OC. The monoisotopic (exact) mass is 477 g/mol. The van der Waals surface area contributed by atoms with Crippen LogP contribution in [0.4, 0.5) is 5.95 Å². The first-order chi connectivity index (χ1) is 16.6. The van der Waals surface area contributed by atoms with E-state index in [0.717, 1.165) is 5.56 Å². The first-order valence-corrected chi connectivity index (χ1v) is 11.2. The molecule has 0 radical (unpaired) electrons. The van der Waals surface area contributed by atoms with Crippen molar-refractivity contribution in [3.8, 4) is 28.6 Å². The normalized spacial score (nSPS) is 15.3. The Kier molecular flexibility index (Phi) is 6.19. The number of methoxy groups -OCH3 is 3. The molecular weight excluding hydrogens is 446 g/mol. The number of benzene rings is 2. The van der Waals surface area contributed by atoms with E-state index >= 15 is 0 Å². The van der Waals surface area contributed by atoms with Gasteiger partial charge in [0.05, 0.1) is 26.9 Å². The minimum atomic E-state index is -0.646. The van der Waals surface area contributed by atoms with Gasteiger partial charge < -0.3 is 25.3 Å². The molecule has 35 heavy (non-hydrogen) atoms. The van der Waals surface area contributed by atoms with Gasteiger partial charge in [-0.05, 0) is 35.6 Å². The second-order valence-corrected chi connectivity index (χ2v) is 9.42. The van der Waals surface area contributed by atoms with Crippen molar-refractivity contribution in [2.75, 3.05) is 26.6 Å². The first kappa shape index (κ1) is 24.1. The molecule has 3 aromatic rings. The van der Waals surface area contributed by atoms with E-state index in [1.165, 1.54) is 12.7 Å². The minimum absolute atomic E-state index is 0.0376. The molecule has 184 valence electrons. The maximum absolute atomic E-state index is 12.6. The Hall–Kier alpha value is -4.01. The lowest BCUT2D eigenvalue weighted by atomic mass is 9.87. The molecule has 4 rings (SSSR count). The van der Waals surface area contributed by atoms with Crippen molar-refractivity contribution in [2.24, 2.45) is 5.73 Å². The fraction of sp³-hybridized carbons (Fsp3) is 0.346. The molecule has 1 aliphatic heterocycles. The van der Waals surface area contributed by atoms with Crippen LogP contribution in [0.5, 0.6) is 17.2 Å². The minimum Gasteiger partial charge on any atom is -0.493 e. The molecule has 1 amide bonds. The smallest absolute Gasteiger partial charge is 0.248 e. The zero-order chi connectivity index (χ0) is 25.5. The summed E-state index contributed by atoms with van der Waals surface area (Å²) in [6.45, 7) is 8.30. The summed E-state index contributed by atoms with van der Waals surface area (Å²) in [4.78, 5) is 17.3. The van der Waals surface area contributed by atoms with Crippen molar-refractivity contribution in [3.63, 3.8) is 0 Å². The number of fused-ring (bicyclic) bond motifs is 1. The Labute approximate surface area is 204 Å². The summed E-state index contributed by atoms with van der Waals surface area (Å²) >= 11 is 0. The lowest BCUT2D eigenvalue weighted by molar-refractivity contribution is -0.115. The first-order valence-electron chi connectivity index (χ1n) is 11.2. The van der Waals surface area contributed by atoms with Crippen LogP contribution in [0.1, 0.15) is 44.9 Å². The van der Waals surface area contributed by atoms with Crippen LogP contribution in [0.2, 0.25) is 0 Å². The van der Waals surface area contributed by atoms with Crippen LogP contribution in [0, 0.1) is 0 Å². The highest BCUT2D eigenvalue weighted by molar-refractivity contribution is 5.95. The van der Waals surface area contributed by atoms with Crippen molar-refractivity contribution in [2.45, 2.75) is 39.2 Å². The summed E-state index contributed by atoms with van der Waals surface area (Å²) in [7, 11) is 4.62. The van der Waals surface area contributed by atoms with Crippen LogP contribution >= 0.6 is 0 Å². The quantitative estimate of drug-likeness (QED) is 0.551. The number of hydrogen-bond acceptors (Lipinski definition) is 7. The van der Waals surface area contributed by atoms with Crippen LogP contribution in [0.25, 0.3) is 11.4 Å². The fourth-order valence-electron chi connectivity index (χ4n) is 4.28. The van der Waals surface area contributed by atoms with Gasteiger partial charge in [-0.3, -0.25) is 4.79 Å². The summed E-state index contributed by atoms with van der Waals surface area (Å²) < 4.78 is 18.2. The van der Waals surface area contributed by atoms with Crippen molar-refractivity contribution >= 4 is 11.9 Å². The van der Waals surface area contributed by atoms with Gasteiger partial charge in [0.2, 0.25) is 17.6 Å². The maximum Gasteiger partial charge on any atom is 0.248 e. The Morgan fingerprint density at radius 3 is 2.11 bits per heavy atom. The third kappa shape index (κ3) is 4.29. The van der Waals surface area contributed by atoms with Gasteiger partial charge >= 0.3 is 0 Å². The third-order valence-electron chi connectivity index (χ3n) is 6.13. The highest BCUT2D eigenvalue weighted by Crippen LogP contribution is 2.44. The predicted molar refractivity (Wildman–Crippen MR) is 134 cm³/mol. The van der Waals surface area contributed by atoms with E-state index in [2.05, 4.69) is 38.2 Å². The van der Waals surface area contributed by atoms with Gasteiger partial charge in [0, 0.05) is 11.3 Å². The van der Waals surface area contributed by atoms with Gasteiger partial charge in [0.25, 0.3) is 0 Å². The molecule has 0 aliphatic carbocycles. The summed E-state index contributed by atoms with van der Waals surface area (Å²) in [6.07, 6.45) is 0. The molecule has 2 aromatic carbocycles. The fourth-order valence-corrected chi connectivity index (χ4v) is 4.28. The second-order valence-electron chi connectivity index (χ2n) is 9.42. The van der Waals surface area contributed by atoms with Crippen LogP contribution in [-0.4, -0.2) is 42.0 Å². The predicted octanol–water partition coefficient (Wildman–Crippen LogP) is 4.04. The highest BCUT2D eigenvalue weighted by atomic mass is 16.5. The van der Waals surface area contributed by atoms with E-state index in [1.54, 1.807) is 38.0 Å². The Morgan fingerprint density at radius 1 is 1.03 bits per heavy atom. The van der Waals surface area contributed by atoms with E-state index in [9.17, 15) is 4.79 Å². The average Bonchev–Trinajstić information content (AvgIpc) is 3.25. The van der Waals surface area contributed by atoms with E-state index in [4.69, 9.17) is 30.0 Å². The topological polar surface area (TPSA) is 114 Å². The number of allylic oxidation sites excluding steroid dienone is 1. The molecule has 0 bridgehead atoms. The zero-order valence-corrected chi connectivity index (χ0v) is 21.1. The number of anilines is 1. The number of amides is 1. The molecule has 1 aromatic heterocycles. The van der Waals surface area contributed by atoms with Gasteiger partial charge in [0.1, 0.15) is 6.04 Å². The van der Waals surface area contributed by atoms with Gasteiger partial charge in [-0.1, -0.05) is 45.0 Å².